The third-order valence-corrected chi connectivity index (χ3v) is 4.26. The largest absolute Gasteiger partial charge is 0.367 e. The molecule has 0 saturated carbocycles. The molecular formula is C15H14N2OS. The van der Waals surface area contributed by atoms with Crippen molar-refractivity contribution in [3.8, 4) is 21.7 Å². The topological polar surface area (TPSA) is 52.0 Å². The summed E-state index contributed by atoms with van der Waals surface area (Å²) in [5.74, 6) is 0.368. The molecule has 96 valence electrons. The number of benzene rings is 1. The molecule has 0 bridgehead atoms. The first-order chi connectivity index (χ1) is 9.29. The minimum absolute atomic E-state index is 0.368. The number of aryl methyl sites for hydroxylation is 1. The average molecular weight is 270 g/mol. The first-order valence-electron chi connectivity index (χ1n) is 6.19. The van der Waals surface area contributed by atoms with Crippen LogP contribution < -0.4 is 5.73 Å². The molecule has 0 unspecified atom stereocenters. The number of nitrogen functional groups attached to an aromatic ring is 1. The number of hydrogen-bond donors (Lipinski definition) is 1. The summed E-state index contributed by atoms with van der Waals surface area (Å²) in [6.45, 7) is 2.14. The Morgan fingerprint density at radius 2 is 1.95 bits per heavy atom. The molecule has 0 radical (unpaired) electrons. The number of nitrogens with two attached hydrogens (primary N) is 1. The van der Waals surface area contributed by atoms with Crippen molar-refractivity contribution in [3.05, 3.63) is 47.3 Å². The third-order valence-electron chi connectivity index (χ3n) is 3.02. The summed E-state index contributed by atoms with van der Waals surface area (Å²) >= 11 is 1.73. The van der Waals surface area contributed by atoms with E-state index in [4.69, 9.17) is 10.3 Å². The number of hydrogen-bond acceptors (Lipinski definition) is 4. The maximum absolute atomic E-state index is 5.93. The lowest BCUT2D eigenvalue weighted by Crippen LogP contribution is -1.86. The molecule has 4 heteroatoms. The Kier molecular flexibility index (Phi) is 3.09. The summed E-state index contributed by atoms with van der Waals surface area (Å²) in [5.41, 5.74) is 8.66. The van der Waals surface area contributed by atoms with E-state index < -0.39 is 0 Å². The van der Waals surface area contributed by atoms with Crippen molar-refractivity contribution >= 4 is 17.2 Å². The van der Waals surface area contributed by atoms with Crippen LogP contribution in [0.3, 0.4) is 0 Å². The second kappa shape index (κ2) is 4.90. The van der Waals surface area contributed by atoms with Crippen molar-refractivity contribution in [2.45, 2.75) is 13.3 Å². The quantitative estimate of drug-likeness (QED) is 0.775. The van der Waals surface area contributed by atoms with Gasteiger partial charge in [-0.3, -0.25) is 0 Å². The average Bonchev–Trinajstić information content (AvgIpc) is 3.05. The van der Waals surface area contributed by atoms with Crippen molar-refractivity contribution in [2.24, 2.45) is 0 Å². The van der Waals surface area contributed by atoms with Crippen LogP contribution in [-0.2, 0) is 6.42 Å². The molecule has 3 rings (SSSR count). The van der Waals surface area contributed by atoms with Crippen molar-refractivity contribution in [3.63, 3.8) is 0 Å². The van der Waals surface area contributed by atoms with Crippen molar-refractivity contribution in [2.75, 3.05) is 5.73 Å². The second-order valence-electron chi connectivity index (χ2n) is 4.26. The van der Waals surface area contributed by atoms with Gasteiger partial charge in [0, 0.05) is 4.88 Å². The summed E-state index contributed by atoms with van der Waals surface area (Å²) in [6.07, 6.45) is 1.03. The molecule has 2 N–H and O–H groups in total. The van der Waals surface area contributed by atoms with Gasteiger partial charge in [0.1, 0.15) is 5.69 Å². The van der Waals surface area contributed by atoms with Crippen LogP contribution in [0.1, 0.15) is 11.8 Å². The SMILES string of the molecule is CCc1ccc(-c2noc(N)c2-c2ccccc2)s1. The lowest BCUT2D eigenvalue weighted by atomic mass is 10.1. The maximum Gasteiger partial charge on any atom is 0.230 e. The highest BCUT2D eigenvalue weighted by Gasteiger charge is 2.18. The smallest absolute Gasteiger partial charge is 0.230 e. The number of nitrogens with zero attached hydrogens (tertiary/aromatic N) is 1. The highest BCUT2D eigenvalue weighted by atomic mass is 32.1. The lowest BCUT2D eigenvalue weighted by Gasteiger charge is -2.00. The van der Waals surface area contributed by atoms with E-state index in [-0.39, 0.29) is 0 Å². The van der Waals surface area contributed by atoms with E-state index in [1.165, 1.54) is 4.88 Å². The molecule has 0 atom stereocenters. The molecule has 3 nitrogen and oxygen atoms in total. The lowest BCUT2D eigenvalue weighted by molar-refractivity contribution is 0.439. The van der Waals surface area contributed by atoms with Crippen LogP contribution in [-0.4, -0.2) is 5.16 Å². The summed E-state index contributed by atoms with van der Waals surface area (Å²) in [5, 5.41) is 4.12. The van der Waals surface area contributed by atoms with Crippen LogP contribution in [0.4, 0.5) is 5.88 Å². The third kappa shape index (κ3) is 2.15. The van der Waals surface area contributed by atoms with E-state index in [1.54, 1.807) is 11.3 Å². The van der Waals surface area contributed by atoms with Gasteiger partial charge in [-0.15, -0.1) is 11.3 Å². The molecule has 0 aliphatic heterocycles. The standard InChI is InChI=1S/C15H14N2OS/c1-2-11-8-9-12(19-11)14-13(15(16)18-17-14)10-6-4-3-5-7-10/h3-9H,2,16H2,1H3. The summed E-state index contributed by atoms with van der Waals surface area (Å²) in [4.78, 5) is 2.42. The van der Waals surface area contributed by atoms with E-state index in [1.807, 2.05) is 30.3 Å². The molecule has 0 amide bonds. The monoisotopic (exact) mass is 270 g/mol. The molecule has 0 saturated heterocycles. The van der Waals surface area contributed by atoms with Gasteiger partial charge in [-0.25, -0.2) is 0 Å². The van der Waals surface area contributed by atoms with Gasteiger partial charge >= 0.3 is 0 Å². The van der Waals surface area contributed by atoms with Crippen LogP contribution in [0.15, 0.2) is 47.0 Å². The predicted molar refractivity (Wildman–Crippen MR) is 79.0 cm³/mol. The number of aromatic nitrogens is 1. The van der Waals surface area contributed by atoms with E-state index in [0.717, 1.165) is 28.1 Å². The molecular weight excluding hydrogens is 256 g/mol. The van der Waals surface area contributed by atoms with Gasteiger partial charge < -0.3 is 10.3 Å². The summed E-state index contributed by atoms with van der Waals surface area (Å²) in [7, 11) is 0. The van der Waals surface area contributed by atoms with Gasteiger partial charge in [-0.05, 0) is 24.1 Å². The number of anilines is 1. The zero-order valence-electron chi connectivity index (χ0n) is 10.6. The van der Waals surface area contributed by atoms with Gasteiger partial charge in [-0.2, -0.15) is 0 Å². The zero-order chi connectivity index (χ0) is 13.2. The molecule has 2 aromatic heterocycles. The fraction of sp³-hybridized carbons (Fsp3) is 0.133. The minimum atomic E-state index is 0.368. The van der Waals surface area contributed by atoms with Crippen molar-refractivity contribution in [1.29, 1.82) is 0 Å². The van der Waals surface area contributed by atoms with E-state index in [0.29, 0.717) is 5.88 Å². The van der Waals surface area contributed by atoms with Gasteiger partial charge in [0.25, 0.3) is 0 Å². The van der Waals surface area contributed by atoms with Crippen molar-refractivity contribution in [1.82, 2.24) is 5.16 Å². The first kappa shape index (κ1) is 12.0. The summed E-state index contributed by atoms with van der Waals surface area (Å²) in [6, 6.07) is 14.2. The van der Waals surface area contributed by atoms with Gasteiger partial charge in [-0.1, -0.05) is 42.4 Å². The van der Waals surface area contributed by atoms with Crippen LogP contribution in [0, 0.1) is 0 Å². The highest BCUT2D eigenvalue weighted by molar-refractivity contribution is 7.15. The molecule has 19 heavy (non-hydrogen) atoms. The fourth-order valence-electron chi connectivity index (χ4n) is 2.05. The predicted octanol–water partition coefficient (Wildman–Crippen LogP) is 4.21. The Morgan fingerprint density at radius 3 is 2.63 bits per heavy atom. The fourth-order valence-corrected chi connectivity index (χ4v) is 2.98. The van der Waals surface area contributed by atoms with Gasteiger partial charge in [0.05, 0.1) is 10.4 Å². The Labute approximate surface area is 115 Å². The number of thiophene rings is 1. The van der Waals surface area contributed by atoms with E-state index in [9.17, 15) is 0 Å². The molecule has 3 aromatic rings. The number of rotatable bonds is 3. The molecule has 0 aliphatic carbocycles. The van der Waals surface area contributed by atoms with E-state index >= 15 is 0 Å². The van der Waals surface area contributed by atoms with Crippen LogP contribution >= 0.6 is 11.3 Å². The van der Waals surface area contributed by atoms with Crippen LogP contribution in [0.25, 0.3) is 21.7 Å². The highest BCUT2D eigenvalue weighted by Crippen LogP contribution is 2.38. The Bertz CT molecular complexity index is 685. The van der Waals surface area contributed by atoms with Gasteiger partial charge in [0.15, 0.2) is 0 Å². The van der Waals surface area contributed by atoms with E-state index in [2.05, 4.69) is 24.2 Å². The second-order valence-corrected chi connectivity index (χ2v) is 5.42. The molecule has 0 aliphatic rings. The Balaban J connectivity index is 2.13. The molecule has 1 aromatic carbocycles. The normalized spacial score (nSPS) is 10.8. The molecule has 2 heterocycles. The first-order valence-corrected chi connectivity index (χ1v) is 7.01. The maximum atomic E-state index is 5.93. The van der Waals surface area contributed by atoms with Crippen molar-refractivity contribution < 1.29 is 4.52 Å². The Morgan fingerprint density at radius 1 is 1.16 bits per heavy atom. The molecule has 0 fully saturated rings. The Hall–Kier alpha value is -2.07. The minimum Gasteiger partial charge on any atom is -0.367 e. The van der Waals surface area contributed by atoms with Gasteiger partial charge in [0.2, 0.25) is 5.88 Å². The zero-order valence-corrected chi connectivity index (χ0v) is 11.4. The van der Waals surface area contributed by atoms with Crippen LogP contribution in [0.2, 0.25) is 0 Å². The molecule has 0 spiro atoms. The van der Waals surface area contributed by atoms with Crippen LogP contribution in [0.5, 0.6) is 0 Å². The summed E-state index contributed by atoms with van der Waals surface area (Å²) < 4.78 is 5.18.